The lowest BCUT2D eigenvalue weighted by molar-refractivity contribution is 0.554. The molecule has 0 bridgehead atoms. The SMILES string of the molecule is C(#Cc1ccco1)c1ncccn1. The van der Waals surface area contributed by atoms with Gasteiger partial charge in [-0.05, 0) is 30.0 Å². The van der Waals surface area contributed by atoms with E-state index >= 15 is 0 Å². The van der Waals surface area contributed by atoms with Crippen molar-refractivity contribution in [2.75, 3.05) is 0 Å². The molecule has 0 spiro atoms. The highest BCUT2D eigenvalue weighted by Gasteiger charge is 1.88. The topological polar surface area (TPSA) is 38.9 Å². The van der Waals surface area contributed by atoms with Crippen LogP contribution in [0.5, 0.6) is 0 Å². The van der Waals surface area contributed by atoms with Gasteiger partial charge in [0.2, 0.25) is 5.82 Å². The first-order valence-corrected chi connectivity index (χ1v) is 3.78. The molecule has 2 aromatic rings. The Morgan fingerprint density at radius 3 is 2.62 bits per heavy atom. The maximum atomic E-state index is 5.03. The van der Waals surface area contributed by atoms with E-state index in [2.05, 4.69) is 21.8 Å². The predicted octanol–water partition coefficient (Wildman–Crippen LogP) is 1.47. The average molecular weight is 170 g/mol. The molecule has 2 heterocycles. The summed E-state index contributed by atoms with van der Waals surface area (Å²) < 4.78 is 5.03. The maximum Gasteiger partial charge on any atom is 0.205 e. The zero-order valence-corrected chi connectivity index (χ0v) is 6.77. The van der Waals surface area contributed by atoms with Gasteiger partial charge in [-0.3, -0.25) is 0 Å². The van der Waals surface area contributed by atoms with Crippen LogP contribution < -0.4 is 0 Å². The summed E-state index contributed by atoms with van der Waals surface area (Å²) in [6.07, 6.45) is 4.88. The van der Waals surface area contributed by atoms with Crippen LogP contribution in [0.3, 0.4) is 0 Å². The fourth-order valence-electron chi connectivity index (χ4n) is 0.831. The van der Waals surface area contributed by atoms with Crippen molar-refractivity contribution in [2.45, 2.75) is 0 Å². The third-order valence-electron chi connectivity index (χ3n) is 1.38. The van der Waals surface area contributed by atoms with Gasteiger partial charge in [0.25, 0.3) is 0 Å². The van der Waals surface area contributed by atoms with Crippen molar-refractivity contribution in [1.82, 2.24) is 9.97 Å². The molecule has 13 heavy (non-hydrogen) atoms. The Balaban J connectivity index is 2.23. The van der Waals surface area contributed by atoms with Crippen molar-refractivity contribution < 1.29 is 4.42 Å². The Hall–Kier alpha value is -2.08. The fourth-order valence-corrected chi connectivity index (χ4v) is 0.831. The molecule has 0 aromatic carbocycles. The zero-order chi connectivity index (χ0) is 8.93. The largest absolute Gasteiger partial charge is 0.456 e. The Morgan fingerprint density at radius 1 is 1.08 bits per heavy atom. The molecule has 2 aromatic heterocycles. The molecule has 0 amide bonds. The number of hydrogen-bond acceptors (Lipinski definition) is 3. The van der Waals surface area contributed by atoms with Crippen molar-refractivity contribution in [2.24, 2.45) is 0 Å². The van der Waals surface area contributed by atoms with Gasteiger partial charge in [0.15, 0.2) is 5.76 Å². The second-order valence-electron chi connectivity index (χ2n) is 2.30. The van der Waals surface area contributed by atoms with Crippen LogP contribution >= 0.6 is 0 Å². The van der Waals surface area contributed by atoms with Crippen LogP contribution in [0, 0.1) is 11.8 Å². The first-order chi connectivity index (χ1) is 6.45. The number of furan rings is 1. The van der Waals surface area contributed by atoms with Gasteiger partial charge in [0, 0.05) is 12.4 Å². The summed E-state index contributed by atoms with van der Waals surface area (Å²) in [6.45, 7) is 0. The summed E-state index contributed by atoms with van der Waals surface area (Å²) in [5, 5.41) is 0. The molecule has 3 nitrogen and oxygen atoms in total. The molecule has 62 valence electrons. The van der Waals surface area contributed by atoms with Crippen LogP contribution in [0.1, 0.15) is 11.6 Å². The highest BCUT2D eigenvalue weighted by molar-refractivity contribution is 5.31. The van der Waals surface area contributed by atoms with Gasteiger partial charge < -0.3 is 4.42 Å². The van der Waals surface area contributed by atoms with E-state index in [4.69, 9.17) is 4.42 Å². The lowest BCUT2D eigenvalue weighted by Crippen LogP contribution is -1.84. The van der Waals surface area contributed by atoms with Crippen LogP contribution in [0.25, 0.3) is 0 Å². The van der Waals surface area contributed by atoms with E-state index in [-0.39, 0.29) is 0 Å². The Morgan fingerprint density at radius 2 is 1.92 bits per heavy atom. The molecule has 0 aliphatic rings. The molecular weight excluding hydrogens is 164 g/mol. The van der Waals surface area contributed by atoms with E-state index in [9.17, 15) is 0 Å². The van der Waals surface area contributed by atoms with Gasteiger partial charge >= 0.3 is 0 Å². The van der Waals surface area contributed by atoms with Crippen molar-refractivity contribution in [3.05, 3.63) is 48.4 Å². The zero-order valence-electron chi connectivity index (χ0n) is 6.77. The molecule has 0 fully saturated rings. The highest BCUT2D eigenvalue weighted by Crippen LogP contribution is 1.96. The van der Waals surface area contributed by atoms with Gasteiger partial charge in [0.1, 0.15) is 0 Å². The standard InChI is InChI=1S/C10H6N2O/c1-3-9(13-8-1)4-5-10-11-6-2-7-12-10/h1-3,6-8H. The van der Waals surface area contributed by atoms with Gasteiger partial charge in [-0.2, -0.15) is 0 Å². The number of rotatable bonds is 0. The minimum atomic E-state index is 0.499. The van der Waals surface area contributed by atoms with E-state index in [1.807, 2.05) is 0 Å². The van der Waals surface area contributed by atoms with E-state index < -0.39 is 0 Å². The third kappa shape index (κ3) is 1.94. The van der Waals surface area contributed by atoms with Crippen LogP contribution in [-0.4, -0.2) is 9.97 Å². The Bertz CT molecular complexity index is 423. The third-order valence-corrected chi connectivity index (χ3v) is 1.38. The molecule has 0 atom stereocenters. The quantitative estimate of drug-likeness (QED) is 0.562. The van der Waals surface area contributed by atoms with Crippen LogP contribution in [0.2, 0.25) is 0 Å². The summed E-state index contributed by atoms with van der Waals surface area (Å²) in [4.78, 5) is 7.90. The van der Waals surface area contributed by atoms with E-state index in [0.29, 0.717) is 11.6 Å². The van der Waals surface area contributed by atoms with Gasteiger partial charge in [-0.25, -0.2) is 9.97 Å². The second kappa shape index (κ2) is 3.55. The van der Waals surface area contributed by atoms with Crippen molar-refractivity contribution in [3.63, 3.8) is 0 Å². The Kier molecular flexibility index (Phi) is 2.06. The summed E-state index contributed by atoms with van der Waals surface area (Å²) >= 11 is 0. The molecule has 0 saturated heterocycles. The van der Waals surface area contributed by atoms with E-state index in [1.165, 1.54) is 0 Å². The van der Waals surface area contributed by atoms with E-state index in [1.54, 1.807) is 36.9 Å². The molecule has 0 radical (unpaired) electrons. The molecule has 0 aliphatic heterocycles. The molecule has 0 aliphatic carbocycles. The summed E-state index contributed by atoms with van der Waals surface area (Å²) in [5.41, 5.74) is 0. The van der Waals surface area contributed by atoms with Crippen molar-refractivity contribution in [1.29, 1.82) is 0 Å². The minimum Gasteiger partial charge on any atom is -0.456 e. The van der Waals surface area contributed by atoms with Crippen LogP contribution in [0.15, 0.2) is 41.3 Å². The minimum absolute atomic E-state index is 0.499. The summed E-state index contributed by atoms with van der Waals surface area (Å²) in [6, 6.07) is 5.32. The second-order valence-corrected chi connectivity index (χ2v) is 2.30. The van der Waals surface area contributed by atoms with Gasteiger partial charge in [0.05, 0.1) is 6.26 Å². The molecule has 0 N–H and O–H groups in total. The monoisotopic (exact) mass is 170 g/mol. The molecule has 2 rings (SSSR count). The maximum absolute atomic E-state index is 5.03. The van der Waals surface area contributed by atoms with E-state index in [0.717, 1.165) is 0 Å². The fraction of sp³-hybridized carbons (Fsp3) is 0. The Labute approximate surface area is 75.5 Å². The molecule has 0 unspecified atom stereocenters. The molecular formula is C10H6N2O. The number of nitrogens with zero attached hydrogens (tertiary/aromatic N) is 2. The first kappa shape index (κ1) is 7.56. The number of aromatic nitrogens is 2. The summed E-state index contributed by atoms with van der Waals surface area (Å²) in [5.74, 6) is 6.70. The van der Waals surface area contributed by atoms with Crippen LogP contribution in [0.4, 0.5) is 0 Å². The average Bonchev–Trinajstić information content (AvgIpc) is 2.69. The normalized spacial score (nSPS) is 8.92. The lowest BCUT2D eigenvalue weighted by atomic mass is 10.4. The number of hydrogen-bond donors (Lipinski definition) is 0. The highest BCUT2D eigenvalue weighted by atomic mass is 16.3. The van der Waals surface area contributed by atoms with Crippen molar-refractivity contribution in [3.8, 4) is 11.8 Å². The van der Waals surface area contributed by atoms with Gasteiger partial charge in [-0.15, -0.1) is 0 Å². The smallest absolute Gasteiger partial charge is 0.205 e. The molecule has 3 heteroatoms. The summed E-state index contributed by atoms with van der Waals surface area (Å²) in [7, 11) is 0. The predicted molar refractivity (Wildman–Crippen MR) is 46.7 cm³/mol. The lowest BCUT2D eigenvalue weighted by Gasteiger charge is -1.83. The first-order valence-electron chi connectivity index (χ1n) is 3.78. The molecule has 0 saturated carbocycles. The van der Waals surface area contributed by atoms with Crippen molar-refractivity contribution >= 4 is 0 Å². The van der Waals surface area contributed by atoms with Crippen LogP contribution in [-0.2, 0) is 0 Å². The van der Waals surface area contributed by atoms with Gasteiger partial charge in [-0.1, -0.05) is 0 Å².